The first-order valence-corrected chi connectivity index (χ1v) is 9.57. The summed E-state index contributed by atoms with van der Waals surface area (Å²) in [7, 11) is 0. The zero-order chi connectivity index (χ0) is 18.8. The number of aryl methyl sites for hydroxylation is 2. The minimum Gasteiger partial charge on any atom is -0.347 e. The normalized spacial score (nSPS) is 11.0. The molecule has 7 heteroatoms. The van der Waals surface area contributed by atoms with E-state index in [1.165, 1.54) is 11.3 Å². The average molecular weight is 377 g/mol. The summed E-state index contributed by atoms with van der Waals surface area (Å²) < 4.78 is 2.10. The zero-order valence-electron chi connectivity index (χ0n) is 15.1. The SMILES string of the molecule is CCn1cc(-c2nc(C)c(C(=O)NCc3ccncc3)s2)c2cccnc21. The van der Waals surface area contributed by atoms with Gasteiger partial charge in [0.05, 0.1) is 5.69 Å². The van der Waals surface area contributed by atoms with Gasteiger partial charge in [0, 0.05) is 48.8 Å². The van der Waals surface area contributed by atoms with Gasteiger partial charge in [-0.2, -0.15) is 0 Å². The van der Waals surface area contributed by atoms with Crippen molar-refractivity contribution >= 4 is 28.3 Å². The zero-order valence-corrected chi connectivity index (χ0v) is 16.0. The standard InChI is InChI=1S/C20H19N5OS/c1-3-25-12-16(15-5-4-8-22-18(15)25)20-24-13(2)17(27-20)19(26)23-11-14-6-9-21-10-7-14/h4-10,12H,3,11H2,1-2H3,(H,23,26). The Labute approximate surface area is 160 Å². The largest absolute Gasteiger partial charge is 0.347 e. The second-order valence-electron chi connectivity index (χ2n) is 6.18. The third-order valence-corrected chi connectivity index (χ3v) is 5.60. The minimum atomic E-state index is -0.106. The highest BCUT2D eigenvalue weighted by molar-refractivity contribution is 7.17. The second-order valence-corrected chi connectivity index (χ2v) is 7.17. The number of fused-ring (bicyclic) bond motifs is 1. The minimum absolute atomic E-state index is 0.106. The van der Waals surface area contributed by atoms with E-state index in [1.54, 1.807) is 18.6 Å². The number of nitrogens with one attached hydrogen (secondary N) is 1. The van der Waals surface area contributed by atoms with Crippen LogP contribution in [0, 0.1) is 6.92 Å². The number of hydrogen-bond acceptors (Lipinski definition) is 5. The molecule has 0 aliphatic carbocycles. The molecule has 4 heterocycles. The molecule has 0 unspecified atom stereocenters. The Kier molecular flexibility index (Phi) is 4.68. The summed E-state index contributed by atoms with van der Waals surface area (Å²) in [5, 5.41) is 4.85. The molecule has 1 N–H and O–H groups in total. The molecule has 136 valence electrons. The van der Waals surface area contributed by atoms with E-state index in [0.29, 0.717) is 11.4 Å². The van der Waals surface area contributed by atoms with Crippen molar-refractivity contribution in [2.24, 2.45) is 0 Å². The van der Waals surface area contributed by atoms with Gasteiger partial charge >= 0.3 is 0 Å². The summed E-state index contributed by atoms with van der Waals surface area (Å²) in [6, 6.07) is 7.74. The van der Waals surface area contributed by atoms with Gasteiger partial charge in [0.25, 0.3) is 5.91 Å². The molecule has 0 aromatic carbocycles. The molecule has 0 bridgehead atoms. The highest BCUT2D eigenvalue weighted by Crippen LogP contribution is 2.34. The lowest BCUT2D eigenvalue weighted by atomic mass is 10.2. The van der Waals surface area contributed by atoms with Crippen molar-refractivity contribution < 1.29 is 4.79 Å². The van der Waals surface area contributed by atoms with Gasteiger partial charge in [-0.1, -0.05) is 0 Å². The van der Waals surface area contributed by atoms with Crippen molar-refractivity contribution in [2.75, 3.05) is 0 Å². The van der Waals surface area contributed by atoms with Crippen molar-refractivity contribution in [1.82, 2.24) is 24.8 Å². The van der Waals surface area contributed by atoms with Crippen molar-refractivity contribution in [3.63, 3.8) is 0 Å². The summed E-state index contributed by atoms with van der Waals surface area (Å²) in [4.78, 5) is 26.4. The smallest absolute Gasteiger partial charge is 0.263 e. The predicted octanol–water partition coefficient (Wildman–Crippen LogP) is 3.81. The molecule has 4 rings (SSSR count). The molecule has 0 aliphatic rings. The maximum atomic E-state index is 12.6. The Hall–Kier alpha value is -3.06. The van der Waals surface area contributed by atoms with Gasteiger partial charge in [-0.15, -0.1) is 11.3 Å². The first-order chi connectivity index (χ1) is 13.2. The number of rotatable bonds is 5. The predicted molar refractivity (Wildman–Crippen MR) is 107 cm³/mol. The van der Waals surface area contributed by atoms with E-state index in [4.69, 9.17) is 0 Å². The maximum absolute atomic E-state index is 12.6. The van der Waals surface area contributed by atoms with Gasteiger partial charge in [0.1, 0.15) is 15.5 Å². The Morgan fingerprint density at radius 1 is 1.22 bits per heavy atom. The second kappa shape index (κ2) is 7.28. The average Bonchev–Trinajstić information content (AvgIpc) is 3.27. The number of thiazole rings is 1. The van der Waals surface area contributed by atoms with Crippen LogP contribution in [0.4, 0.5) is 0 Å². The van der Waals surface area contributed by atoms with Crippen LogP contribution in [0.5, 0.6) is 0 Å². The Morgan fingerprint density at radius 3 is 2.81 bits per heavy atom. The van der Waals surface area contributed by atoms with Crippen LogP contribution in [0.3, 0.4) is 0 Å². The molecule has 4 aromatic rings. The van der Waals surface area contributed by atoms with Crippen LogP contribution in [0.2, 0.25) is 0 Å². The third-order valence-electron chi connectivity index (χ3n) is 4.41. The maximum Gasteiger partial charge on any atom is 0.263 e. The molecule has 0 aliphatic heterocycles. The van der Waals surface area contributed by atoms with Gasteiger partial charge in [-0.05, 0) is 43.7 Å². The summed E-state index contributed by atoms with van der Waals surface area (Å²) in [5.41, 5.74) is 3.70. The number of hydrogen-bond donors (Lipinski definition) is 1. The molecule has 4 aromatic heterocycles. The highest BCUT2D eigenvalue weighted by Gasteiger charge is 2.19. The summed E-state index contributed by atoms with van der Waals surface area (Å²) >= 11 is 1.42. The lowest BCUT2D eigenvalue weighted by Crippen LogP contribution is -2.22. The van der Waals surface area contributed by atoms with Gasteiger partial charge in [-0.3, -0.25) is 9.78 Å². The number of carbonyl (C=O) groups excluding carboxylic acids is 1. The van der Waals surface area contributed by atoms with Gasteiger partial charge in [-0.25, -0.2) is 9.97 Å². The quantitative estimate of drug-likeness (QED) is 0.574. The van der Waals surface area contributed by atoms with Gasteiger partial charge < -0.3 is 9.88 Å². The number of amides is 1. The third kappa shape index (κ3) is 3.33. The molecule has 0 saturated carbocycles. The van der Waals surface area contributed by atoms with Crippen molar-refractivity contribution in [2.45, 2.75) is 26.9 Å². The molecule has 6 nitrogen and oxygen atoms in total. The van der Waals surface area contributed by atoms with Crippen LogP contribution in [-0.4, -0.2) is 25.4 Å². The lowest BCUT2D eigenvalue weighted by molar-refractivity contribution is 0.0954. The fourth-order valence-corrected chi connectivity index (χ4v) is 4.03. The molecule has 0 atom stereocenters. The molecule has 27 heavy (non-hydrogen) atoms. The Bertz CT molecular complexity index is 1100. The van der Waals surface area contributed by atoms with E-state index in [9.17, 15) is 4.79 Å². The van der Waals surface area contributed by atoms with Crippen LogP contribution < -0.4 is 5.32 Å². The van der Waals surface area contributed by atoms with Crippen molar-refractivity contribution in [3.05, 3.63) is 65.2 Å². The fourth-order valence-electron chi connectivity index (χ4n) is 3.02. The first-order valence-electron chi connectivity index (χ1n) is 8.76. The van der Waals surface area contributed by atoms with E-state index >= 15 is 0 Å². The van der Waals surface area contributed by atoms with Crippen molar-refractivity contribution in [1.29, 1.82) is 0 Å². The van der Waals surface area contributed by atoms with Crippen LogP contribution in [0.25, 0.3) is 21.6 Å². The van der Waals surface area contributed by atoms with Crippen LogP contribution >= 0.6 is 11.3 Å². The summed E-state index contributed by atoms with van der Waals surface area (Å²) in [6.07, 6.45) is 7.29. The van der Waals surface area contributed by atoms with Crippen molar-refractivity contribution in [3.8, 4) is 10.6 Å². The van der Waals surface area contributed by atoms with E-state index in [0.717, 1.165) is 39.4 Å². The monoisotopic (exact) mass is 377 g/mol. The summed E-state index contributed by atoms with van der Waals surface area (Å²) in [6.45, 7) is 5.26. The molecular formula is C20H19N5OS. The molecule has 0 radical (unpaired) electrons. The first kappa shape index (κ1) is 17.4. The highest BCUT2D eigenvalue weighted by atomic mass is 32.1. The molecular weight excluding hydrogens is 358 g/mol. The van der Waals surface area contributed by atoms with E-state index < -0.39 is 0 Å². The lowest BCUT2D eigenvalue weighted by Gasteiger charge is -2.03. The number of aromatic nitrogens is 4. The van der Waals surface area contributed by atoms with E-state index in [1.807, 2.05) is 31.2 Å². The number of nitrogens with zero attached hydrogens (tertiary/aromatic N) is 4. The topological polar surface area (TPSA) is 72.7 Å². The van der Waals surface area contributed by atoms with Crippen LogP contribution in [-0.2, 0) is 13.1 Å². The molecule has 0 fully saturated rings. The van der Waals surface area contributed by atoms with E-state index in [-0.39, 0.29) is 5.91 Å². The summed E-state index contributed by atoms with van der Waals surface area (Å²) in [5.74, 6) is -0.106. The number of pyridine rings is 2. The van der Waals surface area contributed by atoms with Gasteiger partial charge in [0.15, 0.2) is 0 Å². The van der Waals surface area contributed by atoms with E-state index in [2.05, 4.69) is 38.0 Å². The fraction of sp³-hybridized carbons (Fsp3) is 0.200. The Balaban J connectivity index is 1.63. The van der Waals surface area contributed by atoms with Crippen LogP contribution in [0.15, 0.2) is 49.1 Å². The van der Waals surface area contributed by atoms with Crippen LogP contribution in [0.1, 0.15) is 27.9 Å². The molecule has 0 spiro atoms. The molecule has 0 saturated heterocycles. The van der Waals surface area contributed by atoms with Gasteiger partial charge in [0.2, 0.25) is 0 Å². The molecule has 1 amide bonds. The Morgan fingerprint density at radius 2 is 2.04 bits per heavy atom. The number of carbonyl (C=O) groups is 1.